The van der Waals surface area contributed by atoms with Crippen molar-refractivity contribution in [3.8, 4) is 0 Å². The van der Waals surface area contributed by atoms with Gasteiger partial charge in [-0.25, -0.2) is 4.79 Å². The van der Waals surface area contributed by atoms with E-state index in [1.165, 1.54) is 24.7 Å². The molecule has 4 rings (SSSR count). The maximum atomic E-state index is 12.5. The summed E-state index contributed by atoms with van der Waals surface area (Å²) in [4.78, 5) is 24.3. The molecule has 2 heterocycles. The number of fused-ring (bicyclic) bond motifs is 2. The third kappa shape index (κ3) is 2.64. The smallest absolute Gasteiger partial charge is 0.337 e. The maximum absolute atomic E-state index is 12.5. The predicted molar refractivity (Wildman–Crippen MR) is 99.0 cm³/mol. The number of furan rings is 1. The van der Waals surface area contributed by atoms with Gasteiger partial charge in [0.1, 0.15) is 11.5 Å². The van der Waals surface area contributed by atoms with E-state index in [9.17, 15) is 9.59 Å². The fourth-order valence-electron chi connectivity index (χ4n) is 3.86. The van der Waals surface area contributed by atoms with Crippen LogP contribution in [0.2, 0.25) is 0 Å². The number of benzene rings is 1. The van der Waals surface area contributed by atoms with Crippen LogP contribution in [0.5, 0.6) is 0 Å². The molecule has 0 fully saturated rings. The Morgan fingerprint density at radius 3 is 2.88 bits per heavy atom. The van der Waals surface area contributed by atoms with Crippen molar-refractivity contribution in [3.63, 3.8) is 0 Å². The molecule has 2 aliphatic rings. The SMILES string of the molecule is CCc1c(C=C2C(=O)Nc3ccc(C(=O)OC)cc32)oc2c1CCCC2. The molecule has 1 aromatic carbocycles. The number of amides is 1. The second-order valence-electron chi connectivity index (χ2n) is 6.67. The van der Waals surface area contributed by atoms with Gasteiger partial charge in [-0.1, -0.05) is 6.92 Å². The molecular formula is C21H21NO4. The maximum Gasteiger partial charge on any atom is 0.337 e. The predicted octanol–water partition coefficient (Wildman–Crippen LogP) is 4.00. The Morgan fingerprint density at radius 2 is 2.12 bits per heavy atom. The van der Waals surface area contributed by atoms with Gasteiger partial charge in [0.05, 0.1) is 18.2 Å². The number of hydrogen-bond donors (Lipinski definition) is 1. The van der Waals surface area contributed by atoms with Gasteiger partial charge in [-0.15, -0.1) is 0 Å². The highest BCUT2D eigenvalue weighted by Crippen LogP contribution is 2.37. The van der Waals surface area contributed by atoms with E-state index in [1.54, 1.807) is 18.2 Å². The van der Waals surface area contributed by atoms with Crippen LogP contribution in [0, 0.1) is 0 Å². The van der Waals surface area contributed by atoms with E-state index in [0.29, 0.717) is 22.4 Å². The van der Waals surface area contributed by atoms with Gasteiger partial charge in [-0.2, -0.15) is 0 Å². The lowest BCUT2D eigenvalue weighted by Gasteiger charge is -2.09. The van der Waals surface area contributed by atoms with E-state index in [0.717, 1.165) is 37.2 Å². The summed E-state index contributed by atoms with van der Waals surface area (Å²) in [5, 5.41) is 2.85. The summed E-state index contributed by atoms with van der Waals surface area (Å²) in [7, 11) is 1.34. The van der Waals surface area contributed by atoms with Crippen LogP contribution in [0.3, 0.4) is 0 Å². The molecule has 5 heteroatoms. The van der Waals surface area contributed by atoms with Crippen LogP contribution >= 0.6 is 0 Å². The fourth-order valence-corrected chi connectivity index (χ4v) is 3.86. The highest BCUT2D eigenvalue weighted by molar-refractivity contribution is 6.35. The zero-order chi connectivity index (χ0) is 18.3. The lowest BCUT2D eigenvalue weighted by Crippen LogP contribution is -2.03. The Morgan fingerprint density at radius 1 is 1.31 bits per heavy atom. The number of esters is 1. The first-order valence-electron chi connectivity index (χ1n) is 9.01. The Balaban J connectivity index is 1.81. The van der Waals surface area contributed by atoms with E-state index in [-0.39, 0.29) is 5.91 Å². The second kappa shape index (κ2) is 6.48. The highest BCUT2D eigenvalue weighted by Gasteiger charge is 2.27. The van der Waals surface area contributed by atoms with Gasteiger partial charge in [-0.05, 0) is 55.5 Å². The molecule has 2 aromatic rings. The molecule has 0 saturated heterocycles. The summed E-state index contributed by atoms with van der Waals surface area (Å²) in [6, 6.07) is 5.07. The van der Waals surface area contributed by atoms with Gasteiger partial charge in [-0.3, -0.25) is 4.79 Å². The topological polar surface area (TPSA) is 68.5 Å². The molecule has 0 atom stereocenters. The molecule has 1 N–H and O–H groups in total. The van der Waals surface area contributed by atoms with Gasteiger partial charge in [0.15, 0.2) is 0 Å². The van der Waals surface area contributed by atoms with Crippen molar-refractivity contribution in [1.82, 2.24) is 0 Å². The number of aryl methyl sites for hydroxylation is 1. The lowest BCUT2D eigenvalue weighted by molar-refractivity contribution is -0.110. The summed E-state index contributed by atoms with van der Waals surface area (Å²) in [6.07, 6.45) is 7.02. The Bertz CT molecular complexity index is 936. The van der Waals surface area contributed by atoms with E-state index < -0.39 is 5.97 Å². The van der Waals surface area contributed by atoms with Crippen LogP contribution in [0.25, 0.3) is 11.6 Å². The van der Waals surface area contributed by atoms with E-state index in [2.05, 4.69) is 12.2 Å². The molecule has 0 bridgehead atoms. The average Bonchev–Trinajstić information content (AvgIpc) is 3.17. The normalized spacial score (nSPS) is 17.0. The van der Waals surface area contributed by atoms with Crippen molar-refractivity contribution in [2.24, 2.45) is 0 Å². The molecule has 5 nitrogen and oxygen atoms in total. The standard InChI is InChI=1S/C21H21NO4/c1-3-13-14-6-4-5-7-18(14)26-19(13)11-16-15-10-12(21(24)25-2)8-9-17(15)22-20(16)23/h8-11H,3-7H2,1-2H3,(H,22,23). The highest BCUT2D eigenvalue weighted by atomic mass is 16.5. The summed E-state index contributed by atoms with van der Waals surface area (Å²) < 4.78 is 10.9. The minimum Gasteiger partial charge on any atom is -0.465 e. The average molecular weight is 351 g/mol. The number of ether oxygens (including phenoxy) is 1. The molecule has 1 aliphatic heterocycles. The lowest BCUT2D eigenvalue weighted by atomic mass is 9.93. The number of hydrogen-bond acceptors (Lipinski definition) is 4. The molecule has 1 amide bonds. The molecule has 1 aromatic heterocycles. The summed E-state index contributed by atoms with van der Waals surface area (Å²) in [5.41, 5.74) is 4.84. The Kier molecular flexibility index (Phi) is 4.15. The molecule has 26 heavy (non-hydrogen) atoms. The van der Waals surface area contributed by atoms with Crippen LogP contribution in [-0.4, -0.2) is 19.0 Å². The van der Waals surface area contributed by atoms with Crippen LogP contribution in [0.1, 0.15) is 58.3 Å². The van der Waals surface area contributed by atoms with Gasteiger partial charge >= 0.3 is 5.97 Å². The van der Waals surface area contributed by atoms with Crippen LogP contribution in [0.15, 0.2) is 22.6 Å². The zero-order valence-electron chi connectivity index (χ0n) is 15.0. The number of methoxy groups -OCH3 is 1. The quantitative estimate of drug-likeness (QED) is 0.670. The van der Waals surface area contributed by atoms with Crippen LogP contribution in [0.4, 0.5) is 5.69 Å². The van der Waals surface area contributed by atoms with Crippen LogP contribution in [-0.2, 0) is 28.8 Å². The van der Waals surface area contributed by atoms with E-state index in [4.69, 9.17) is 9.15 Å². The molecule has 0 spiro atoms. The minimum absolute atomic E-state index is 0.182. The number of carbonyl (C=O) groups is 2. The molecular weight excluding hydrogens is 330 g/mol. The second-order valence-corrected chi connectivity index (χ2v) is 6.67. The number of anilines is 1. The molecule has 134 valence electrons. The van der Waals surface area contributed by atoms with E-state index >= 15 is 0 Å². The van der Waals surface area contributed by atoms with Gasteiger partial charge in [0.25, 0.3) is 5.91 Å². The number of carbonyl (C=O) groups excluding carboxylic acids is 2. The molecule has 0 radical (unpaired) electrons. The number of nitrogens with one attached hydrogen (secondary N) is 1. The third-order valence-electron chi connectivity index (χ3n) is 5.16. The fraction of sp³-hybridized carbons (Fsp3) is 0.333. The van der Waals surface area contributed by atoms with Crippen molar-refractivity contribution in [2.75, 3.05) is 12.4 Å². The largest absolute Gasteiger partial charge is 0.465 e. The first-order valence-corrected chi connectivity index (χ1v) is 9.01. The zero-order valence-corrected chi connectivity index (χ0v) is 15.0. The number of rotatable bonds is 3. The summed E-state index contributed by atoms with van der Waals surface area (Å²) in [6.45, 7) is 2.11. The first-order chi connectivity index (χ1) is 12.6. The Labute approximate surface area is 152 Å². The monoisotopic (exact) mass is 351 g/mol. The van der Waals surface area contributed by atoms with Crippen molar-refractivity contribution >= 4 is 29.2 Å². The van der Waals surface area contributed by atoms with Gasteiger partial charge in [0.2, 0.25) is 0 Å². The molecule has 1 aliphatic carbocycles. The van der Waals surface area contributed by atoms with Crippen molar-refractivity contribution in [2.45, 2.75) is 39.0 Å². The van der Waals surface area contributed by atoms with Gasteiger partial charge in [0, 0.05) is 23.2 Å². The summed E-state index contributed by atoms with van der Waals surface area (Å²) >= 11 is 0. The molecule has 0 unspecified atom stereocenters. The molecule has 0 saturated carbocycles. The summed E-state index contributed by atoms with van der Waals surface area (Å²) in [5.74, 6) is 1.22. The third-order valence-corrected chi connectivity index (χ3v) is 5.16. The first kappa shape index (κ1) is 16.6. The van der Waals surface area contributed by atoms with Crippen molar-refractivity contribution in [1.29, 1.82) is 0 Å². The van der Waals surface area contributed by atoms with Crippen LogP contribution < -0.4 is 5.32 Å². The van der Waals surface area contributed by atoms with E-state index in [1.807, 2.05) is 6.08 Å². The minimum atomic E-state index is -0.422. The Hall–Kier alpha value is -2.82. The van der Waals surface area contributed by atoms with Crippen molar-refractivity contribution in [3.05, 3.63) is 52.0 Å². The van der Waals surface area contributed by atoms with Gasteiger partial charge < -0.3 is 14.5 Å². The van der Waals surface area contributed by atoms with Crippen molar-refractivity contribution < 1.29 is 18.7 Å².